The fourth-order valence-corrected chi connectivity index (χ4v) is 2.66. The Bertz CT molecular complexity index is 1190. The minimum Gasteiger partial charge on any atom is -0.493 e. The van der Waals surface area contributed by atoms with Gasteiger partial charge in [-0.05, 0) is 42.0 Å². The van der Waals surface area contributed by atoms with Crippen molar-refractivity contribution in [2.75, 3.05) is 21.3 Å². The molecular weight excluding hydrogens is 362 g/mol. The molecule has 2 heterocycles. The molecule has 0 aliphatic heterocycles. The molecular formula is C20H19N3O5. The molecule has 2 N–H and O–H groups in total. The molecule has 0 amide bonds. The van der Waals surface area contributed by atoms with Crippen LogP contribution in [0.15, 0.2) is 46.1 Å². The Morgan fingerprint density at radius 2 is 1.46 bits per heavy atom. The van der Waals surface area contributed by atoms with Crippen molar-refractivity contribution in [3.05, 3.63) is 79.2 Å². The highest BCUT2D eigenvalue weighted by atomic mass is 16.5. The standard InChI is InChI=1S/C20H19N3O5/c1-26-16-9-12(10-17(27-2)18(16)28-3)8-14-19(24)23-15(20(25)22-14)11-13-6-4-5-7-21-13/h4-11H,1-3H3,(H,22,25)(H,23,24)/b14-8-,15-11-. The zero-order valence-electron chi connectivity index (χ0n) is 15.6. The second-order valence-electron chi connectivity index (χ2n) is 5.74. The summed E-state index contributed by atoms with van der Waals surface area (Å²) in [5.74, 6) is 1.31. The molecule has 0 spiro atoms. The lowest BCUT2D eigenvalue weighted by Gasteiger charge is -2.12. The van der Waals surface area contributed by atoms with Crippen LogP contribution in [-0.2, 0) is 0 Å². The molecule has 0 saturated carbocycles. The van der Waals surface area contributed by atoms with Crippen LogP contribution in [-0.4, -0.2) is 36.3 Å². The van der Waals surface area contributed by atoms with Gasteiger partial charge in [-0.3, -0.25) is 14.6 Å². The summed E-state index contributed by atoms with van der Waals surface area (Å²) in [7, 11) is 4.50. The Labute approximate surface area is 159 Å². The monoisotopic (exact) mass is 381 g/mol. The first-order valence-electron chi connectivity index (χ1n) is 8.33. The van der Waals surface area contributed by atoms with Gasteiger partial charge in [-0.25, -0.2) is 0 Å². The predicted molar refractivity (Wildman–Crippen MR) is 104 cm³/mol. The number of nitrogens with zero attached hydrogens (tertiary/aromatic N) is 1. The minimum atomic E-state index is -0.449. The summed E-state index contributed by atoms with van der Waals surface area (Å²) in [6.07, 6.45) is 4.63. The third-order valence-corrected chi connectivity index (χ3v) is 3.96. The number of ether oxygens (including phenoxy) is 3. The number of benzene rings is 1. The molecule has 0 unspecified atom stereocenters. The Kier molecular flexibility index (Phi) is 5.59. The number of aromatic amines is 2. The van der Waals surface area contributed by atoms with Crippen LogP contribution in [0.5, 0.6) is 17.2 Å². The van der Waals surface area contributed by atoms with Crippen molar-refractivity contribution in [2.24, 2.45) is 0 Å². The van der Waals surface area contributed by atoms with E-state index in [-0.39, 0.29) is 10.7 Å². The SMILES string of the molecule is COc1cc(/C=c2\[nH]c(=O)/c(=C/c3ccccn3)[nH]c2=O)cc(OC)c1OC. The summed E-state index contributed by atoms with van der Waals surface area (Å²) in [5.41, 5.74) is 0.265. The molecule has 3 rings (SSSR count). The van der Waals surface area contributed by atoms with Crippen molar-refractivity contribution < 1.29 is 14.2 Å². The first-order chi connectivity index (χ1) is 13.5. The maximum atomic E-state index is 12.4. The third kappa shape index (κ3) is 3.96. The average molecular weight is 381 g/mol. The molecule has 0 radical (unpaired) electrons. The van der Waals surface area contributed by atoms with Crippen molar-refractivity contribution >= 4 is 12.2 Å². The largest absolute Gasteiger partial charge is 0.493 e. The van der Waals surface area contributed by atoms with E-state index in [0.29, 0.717) is 28.5 Å². The molecule has 0 aliphatic carbocycles. The average Bonchev–Trinajstić information content (AvgIpc) is 2.71. The lowest BCUT2D eigenvalue weighted by Crippen LogP contribution is -2.46. The van der Waals surface area contributed by atoms with Gasteiger partial charge in [0.15, 0.2) is 11.5 Å². The van der Waals surface area contributed by atoms with Crippen LogP contribution in [0.2, 0.25) is 0 Å². The second-order valence-corrected chi connectivity index (χ2v) is 5.74. The Morgan fingerprint density at radius 1 is 0.857 bits per heavy atom. The van der Waals surface area contributed by atoms with Crippen molar-refractivity contribution in [2.45, 2.75) is 0 Å². The zero-order valence-corrected chi connectivity index (χ0v) is 15.6. The summed E-state index contributed by atoms with van der Waals surface area (Å²) >= 11 is 0. The van der Waals surface area contributed by atoms with E-state index in [2.05, 4.69) is 15.0 Å². The number of aromatic nitrogens is 3. The maximum absolute atomic E-state index is 12.4. The van der Waals surface area contributed by atoms with E-state index < -0.39 is 11.1 Å². The van der Waals surface area contributed by atoms with E-state index in [4.69, 9.17) is 14.2 Å². The predicted octanol–water partition coefficient (Wildman–Crippen LogP) is 0.142. The van der Waals surface area contributed by atoms with Crippen LogP contribution in [0.3, 0.4) is 0 Å². The normalized spacial score (nSPS) is 12.1. The lowest BCUT2D eigenvalue weighted by atomic mass is 10.1. The quantitative estimate of drug-likeness (QED) is 0.651. The van der Waals surface area contributed by atoms with Crippen LogP contribution in [0, 0.1) is 0 Å². The van der Waals surface area contributed by atoms with Gasteiger partial charge < -0.3 is 24.2 Å². The Hall–Kier alpha value is -3.81. The Morgan fingerprint density at radius 3 is 1.96 bits per heavy atom. The highest BCUT2D eigenvalue weighted by Crippen LogP contribution is 2.38. The van der Waals surface area contributed by atoms with Gasteiger partial charge in [-0.1, -0.05) is 6.07 Å². The zero-order chi connectivity index (χ0) is 20.1. The summed E-state index contributed by atoms with van der Waals surface area (Å²) in [4.78, 5) is 34.1. The van der Waals surface area contributed by atoms with Gasteiger partial charge in [0.05, 0.1) is 27.0 Å². The van der Waals surface area contributed by atoms with Crippen LogP contribution >= 0.6 is 0 Å². The van der Waals surface area contributed by atoms with E-state index >= 15 is 0 Å². The molecule has 2 aromatic heterocycles. The number of H-pyrrole nitrogens is 2. The lowest BCUT2D eigenvalue weighted by molar-refractivity contribution is 0.324. The molecule has 0 aliphatic rings. The molecule has 0 atom stereocenters. The fourth-order valence-electron chi connectivity index (χ4n) is 2.66. The number of hydrogen-bond acceptors (Lipinski definition) is 6. The maximum Gasteiger partial charge on any atom is 0.272 e. The van der Waals surface area contributed by atoms with Crippen molar-refractivity contribution in [3.63, 3.8) is 0 Å². The van der Waals surface area contributed by atoms with Crippen molar-refractivity contribution in [3.8, 4) is 17.2 Å². The van der Waals surface area contributed by atoms with Gasteiger partial charge >= 0.3 is 0 Å². The topological polar surface area (TPSA) is 106 Å². The highest BCUT2D eigenvalue weighted by Gasteiger charge is 2.12. The van der Waals surface area contributed by atoms with E-state index in [9.17, 15) is 9.59 Å². The van der Waals surface area contributed by atoms with Crippen LogP contribution in [0.4, 0.5) is 0 Å². The molecule has 144 valence electrons. The summed E-state index contributed by atoms with van der Waals surface area (Å²) in [5, 5.41) is 0.211. The van der Waals surface area contributed by atoms with E-state index in [1.807, 2.05) is 0 Å². The van der Waals surface area contributed by atoms with Gasteiger partial charge in [-0.2, -0.15) is 0 Å². The Balaban J connectivity index is 2.14. The molecule has 8 heteroatoms. The number of rotatable bonds is 5. The van der Waals surface area contributed by atoms with Gasteiger partial charge in [-0.15, -0.1) is 0 Å². The third-order valence-electron chi connectivity index (χ3n) is 3.96. The molecule has 0 fully saturated rings. The molecule has 3 aromatic rings. The van der Waals surface area contributed by atoms with Crippen molar-refractivity contribution in [1.82, 2.24) is 15.0 Å². The second kappa shape index (κ2) is 8.26. The first kappa shape index (κ1) is 19.0. The number of methoxy groups -OCH3 is 3. The minimum absolute atomic E-state index is 0.0949. The smallest absolute Gasteiger partial charge is 0.272 e. The van der Waals surface area contributed by atoms with Gasteiger partial charge in [0, 0.05) is 6.20 Å². The molecule has 28 heavy (non-hydrogen) atoms. The molecule has 0 saturated heterocycles. The number of nitrogens with one attached hydrogen (secondary N) is 2. The number of hydrogen-bond donors (Lipinski definition) is 2. The van der Waals surface area contributed by atoms with E-state index in [1.54, 1.807) is 36.5 Å². The summed E-state index contributed by atoms with van der Waals surface area (Å²) in [6, 6.07) is 8.63. The van der Waals surface area contributed by atoms with Gasteiger partial charge in [0.2, 0.25) is 5.75 Å². The van der Waals surface area contributed by atoms with Crippen LogP contribution in [0.25, 0.3) is 12.2 Å². The molecule has 8 nitrogen and oxygen atoms in total. The number of pyridine rings is 1. The van der Waals surface area contributed by atoms with E-state index in [1.165, 1.54) is 33.5 Å². The first-order valence-corrected chi connectivity index (χ1v) is 8.33. The molecule has 1 aromatic carbocycles. The van der Waals surface area contributed by atoms with Crippen molar-refractivity contribution in [1.29, 1.82) is 0 Å². The fraction of sp³-hybridized carbons (Fsp3) is 0.150. The molecule has 0 bridgehead atoms. The van der Waals surface area contributed by atoms with Gasteiger partial charge in [0.1, 0.15) is 10.7 Å². The van der Waals surface area contributed by atoms with Crippen LogP contribution in [0.1, 0.15) is 11.3 Å². The summed E-state index contributed by atoms with van der Waals surface area (Å²) in [6.45, 7) is 0. The van der Waals surface area contributed by atoms with E-state index in [0.717, 1.165) is 0 Å². The van der Waals surface area contributed by atoms with Crippen LogP contribution < -0.4 is 36.0 Å². The summed E-state index contributed by atoms with van der Waals surface area (Å²) < 4.78 is 15.9. The highest BCUT2D eigenvalue weighted by molar-refractivity contribution is 5.61. The van der Waals surface area contributed by atoms with Gasteiger partial charge in [0.25, 0.3) is 11.1 Å².